The lowest BCUT2D eigenvalue weighted by Gasteiger charge is -2.58. The average Bonchev–Trinajstić information content (AvgIpc) is 3.22. The lowest BCUT2D eigenvalue weighted by atomic mass is 9.54. The molecule has 2 saturated carbocycles. The molecule has 1 aromatic carbocycles. The molecule has 0 radical (unpaired) electrons. The van der Waals surface area contributed by atoms with E-state index in [0.717, 1.165) is 18.6 Å². The first-order valence-corrected chi connectivity index (χ1v) is 9.41. The maximum atomic E-state index is 13.0. The van der Waals surface area contributed by atoms with Gasteiger partial charge in [-0.1, -0.05) is 25.0 Å². The summed E-state index contributed by atoms with van der Waals surface area (Å²) in [4.78, 5) is 0. The van der Waals surface area contributed by atoms with E-state index in [-0.39, 0.29) is 11.9 Å². The average molecular weight is 333 g/mol. The molecule has 3 fully saturated rings. The van der Waals surface area contributed by atoms with Gasteiger partial charge >= 0.3 is 0 Å². The van der Waals surface area contributed by atoms with Gasteiger partial charge in [0.25, 0.3) is 0 Å². The zero-order chi connectivity index (χ0) is 16.7. The van der Waals surface area contributed by atoms with Gasteiger partial charge in [0.05, 0.1) is 12.2 Å². The molecule has 0 bridgehead atoms. The summed E-state index contributed by atoms with van der Waals surface area (Å²) in [5.74, 6) is 0.385. The monoisotopic (exact) mass is 333 g/mol. The van der Waals surface area contributed by atoms with Gasteiger partial charge in [0.1, 0.15) is 5.82 Å². The summed E-state index contributed by atoms with van der Waals surface area (Å²) < 4.78 is 19.1. The largest absolute Gasteiger partial charge is 0.388 e. The molecule has 4 rings (SSSR count). The first kappa shape index (κ1) is 16.5. The Labute approximate surface area is 143 Å². The van der Waals surface area contributed by atoms with Crippen LogP contribution < -0.4 is 5.32 Å². The predicted molar refractivity (Wildman–Crippen MR) is 91.1 cm³/mol. The number of halogens is 1. The van der Waals surface area contributed by atoms with E-state index in [1.807, 2.05) is 0 Å². The van der Waals surface area contributed by atoms with E-state index < -0.39 is 6.10 Å². The maximum Gasteiger partial charge on any atom is 0.123 e. The molecule has 1 spiro atoms. The highest BCUT2D eigenvalue weighted by Gasteiger charge is 2.64. The predicted octanol–water partition coefficient (Wildman–Crippen LogP) is 3.58. The number of hydrogen-bond donors (Lipinski definition) is 2. The second-order valence-corrected chi connectivity index (χ2v) is 8.03. The number of aliphatic hydroxyl groups excluding tert-OH is 1. The lowest BCUT2D eigenvalue weighted by molar-refractivity contribution is -0.133. The van der Waals surface area contributed by atoms with Crippen molar-refractivity contribution >= 4 is 0 Å². The molecule has 1 heterocycles. The van der Waals surface area contributed by atoms with E-state index in [9.17, 15) is 9.50 Å². The van der Waals surface area contributed by atoms with Crippen molar-refractivity contribution in [2.75, 3.05) is 6.61 Å². The highest BCUT2D eigenvalue weighted by atomic mass is 19.1. The highest BCUT2D eigenvalue weighted by molar-refractivity contribution is 5.19. The molecule has 24 heavy (non-hydrogen) atoms. The Kier molecular flexibility index (Phi) is 4.40. The molecule has 5 atom stereocenters. The van der Waals surface area contributed by atoms with Crippen molar-refractivity contribution in [2.24, 2.45) is 11.3 Å². The third-order valence-corrected chi connectivity index (χ3v) is 6.58. The van der Waals surface area contributed by atoms with Crippen molar-refractivity contribution in [2.45, 2.75) is 69.7 Å². The van der Waals surface area contributed by atoms with Crippen LogP contribution in [0.25, 0.3) is 0 Å². The van der Waals surface area contributed by atoms with Crippen LogP contribution in [0, 0.1) is 17.2 Å². The molecule has 1 aromatic rings. The first-order chi connectivity index (χ1) is 11.6. The van der Waals surface area contributed by atoms with Crippen LogP contribution in [0.3, 0.4) is 0 Å². The minimum absolute atomic E-state index is 0.231. The van der Waals surface area contributed by atoms with Gasteiger partial charge in [-0.15, -0.1) is 0 Å². The fourth-order valence-electron chi connectivity index (χ4n) is 5.47. The van der Waals surface area contributed by atoms with E-state index in [1.165, 1.54) is 37.8 Å². The summed E-state index contributed by atoms with van der Waals surface area (Å²) >= 11 is 0. The molecule has 1 saturated heterocycles. The maximum absolute atomic E-state index is 13.0. The third kappa shape index (κ3) is 2.69. The Morgan fingerprint density at radius 3 is 2.71 bits per heavy atom. The Balaban J connectivity index is 1.38. The van der Waals surface area contributed by atoms with Gasteiger partial charge in [0.15, 0.2) is 0 Å². The minimum Gasteiger partial charge on any atom is -0.388 e. The van der Waals surface area contributed by atoms with Crippen molar-refractivity contribution in [3.63, 3.8) is 0 Å². The van der Waals surface area contributed by atoms with E-state index in [2.05, 4.69) is 12.2 Å². The molecular weight excluding hydrogens is 305 g/mol. The summed E-state index contributed by atoms with van der Waals surface area (Å²) in [6.45, 7) is 3.06. The number of fused-ring (bicyclic) bond motifs is 2. The van der Waals surface area contributed by atoms with Crippen molar-refractivity contribution < 1.29 is 14.2 Å². The normalized spacial score (nSPS) is 33.2. The quantitative estimate of drug-likeness (QED) is 0.865. The van der Waals surface area contributed by atoms with Gasteiger partial charge in [0, 0.05) is 30.0 Å². The molecule has 0 aromatic heterocycles. The lowest BCUT2D eigenvalue weighted by Crippen LogP contribution is -2.68. The van der Waals surface area contributed by atoms with Crippen LogP contribution in [0.1, 0.15) is 57.1 Å². The number of hydrogen-bond acceptors (Lipinski definition) is 3. The molecule has 5 unspecified atom stereocenters. The minimum atomic E-state index is -0.552. The van der Waals surface area contributed by atoms with Crippen LogP contribution in [-0.2, 0) is 4.74 Å². The standard InChI is InChI=1S/C20H28FNO2/c1-13(12-17(23)14-4-6-15(21)7-5-14)22-18-16-8-11-24-19(16)20(18)9-2-3-10-20/h4-7,13,16-19,22-23H,2-3,8-12H2,1H3. The first-order valence-electron chi connectivity index (χ1n) is 9.41. The molecule has 132 valence electrons. The zero-order valence-electron chi connectivity index (χ0n) is 14.4. The van der Waals surface area contributed by atoms with Gasteiger partial charge in [0.2, 0.25) is 0 Å². The van der Waals surface area contributed by atoms with Gasteiger partial charge < -0.3 is 15.2 Å². The second-order valence-electron chi connectivity index (χ2n) is 8.03. The number of ether oxygens (including phenoxy) is 1. The highest BCUT2D eigenvalue weighted by Crippen LogP contribution is 2.60. The molecule has 0 amide bonds. The number of rotatable bonds is 5. The van der Waals surface area contributed by atoms with Crippen LogP contribution >= 0.6 is 0 Å². The van der Waals surface area contributed by atoms with Gasteiger partial charge in [-0.25, -0.2) is 4.39 Å². The summed E-state index contributed by atoms with van der Waals surface area (Å²) in [7, 11) is 0. The Hall–Kier alpha value is -0.970. The van der Waals surface area contributed by atoms with Crippen LogP contribution in [0.15, 0.2) is 24.3 Å². The Morgan fingerprint density at radius 2 is 2.00 bits per heavy atom. The smallest absolute Gasteiger partial charge is 0.123 e. The van der Waals surface area contributed by atoms with Crippen molar-refractivity contribution in [3.05, 3.63) is 35.6 Å². The van der Waals surface area contributed by atoms with Crippen LogP contribution in [0.4, 0.5) is 4.39 Å². The van der Waals surface area contributed by atoms with Crippen molar-refractivity contribution in [3.8, 4) is 0 Å². The fourth-order valence-corrected chi connectivity index (χ4v) is 5.47. The van der Waals surface area contributed by atoms with E-state index in [0.29, 0.717) is 29.9 Å². The molecule has 3 aliphatic rings. The van der Waals surface area contributed by atoms with Crippen molar-refractivity contribution in [1.29, 1.82) is 0 Å². The van der Waals surface area contributed by atoms with Gasteiger partial charge in [-0.05, 0) is 50.3 Å². The Morgan fingerprint density at radius 1 is 1.29 bits per heavy atom. The summed E-state index contributed by atoms with van der Waals surface area (Å²) in [6, 6.07) is 6.94. The van der Waals surface area contributed by atoms with E-state index in [4.69, 9.17) is 4.74 Å². The third-order valence-electron chi connectivity index (χ3n) is 6.58. The molecule has 4 heteroatoms. The van der Waals surface area contributed by atoms with E-state index in [1.54, 1.807) is 12.1 Å². The SMILES string of the molecule is CC(CC(O)c1ccc(F)cc1)NC1C2CCOC2C12CCCC2. The topological polar surface area (TPSA) is 41.5 Å². The summed E-state index contributed by atoms with van der Waals surface area (Å²) in [6.07, 6.45) is 6.91. The number of aliphatic hydroxyl groups is 1. The van der Waals surface area contributed by atoms with Gasteiger partial charge in [-0.2, -0.15) is 0 Å². The number of benzene rings is 1. The fraction of sp³-hybridized carbons (Fsp3) is 0.700. The van der Waals surface area contributed by atoms with Crippen molar-refractivity contribution in [1.82, 2.24) is 5.32 Å². The summed E-state index contributed by atoms with van der Waals surface area (Å²) in [5.41, 5.74) is 1.13. The summed E-state index contributed by atoms with van der Waals surface area (Å²) in [5, 5.41) is 14.3. The van der Waals surface area contributed by atoms with E-state index >= 15 is 0 Å². The molecular formula is C20H28FNO2. The van der Waals surface area contributed by atoms with Gasteiger partial charge in [-0.3, -0.25) is 0 Å². The second kappa shape index (κ2) is 6.40. The van der Waals surface area contributed by atoms with Crippen LogP contribution in [0.2, 0.25) is 0 Å². The molecule has 1 aliphatic heterocycles. The molecule has 2 aliphatic carbocycles. The molecule has 2 N–H and O–H groups in total. The zero-order valence-corrected chi connectivity index (χ0v) is 14.4. The molecule has 3 nitrogen and oxygen atoms in total. The number of nitrogens with one attached hydrogen (secondary N) is 1. The Bertz CT molecular complexity index is 570. The van der Waals surface area contributed by atoms with Crippen LogP contribution in [0.5, 0.6) is 0 Å². The van der Waals surface area contributed by atoms with Crippen LogP contribution in [-0.4, -0.2) is 29.9 Å².